The number of hydrogen-bond acceptors (Lipinski definition) is 4. The van der Waals surface area contributed by atoms with Crippen LogP contribution >= 0.6 is 0 Å². The summed E-state index contributed by atoms with van der Waals surface area (Å²) in [7, 11) is 0. The van der Waals surface area contributed by atoms with Crippen LogP contribution in [0.4, 0.5) is 0 Å². The van der Waals surface area contributed by atoms with Crippen LogP contribution in [0.25, 0.3) is 0 Å². The van der Waals surface area contributed by atoms with Gasteiger partial charge in [0, 0.05) is 6.42 Å². The summed E-state index contributed by atoms with van der Waals surface area (Å²) in [5.74, 6) is -1.36. The second kappa shape index (κ2) is 5.32. The number of aliphatic hydroxyl groups is 1. The first-order valence-electron chi connectivity index (χ1n) is 4.81. The van der Waals surface area contributed by atoms with Crippen molar-refractivity contribution in [3.63, 3.8) is 0 Å². The van der Waals surface area contributed by atoms with Gasteiger partial charge in [-0.1, -0.05) is 6.92 Å². The Hall–Kier alpha value is -1.82. The summed E-state index contributed by atoms with van der Waals surface area (Å²) in [6.07, 6.45) is 1.90. The van der Waals surface area contributed by atoms with Gasteiger partial charge in [0.2, 0.25) is 0 Å². The van der Waals surface area contributed by atoms with E-state index in [0.29, 0.717) is 17.7 Å². The summed E-state index contributed by atoms with van der Waals surface area (Å²) in [6, 6.07) is 0.164. The number of aryl methyl sites for hydroxylation is 1. The SMILES string of the molecule is CCc1occc1C(=O)NC(CO)C(=O)O. The molecule has 1 rings (SSSR count). The Balaban J connectivity index is 2.75. The minimum atomic E-state index is -1.30. The highest BCUT2D eigenvalue weighted by atomic mass is 16.4. The summed E-state index contributed by atoms with van der Waals surface area (Å²) in [5.41, 5.74) is 0.294. The van der Waals surface area contributed by atoms with E-state index in [-0.39, 0.29) is 0 Å². The minimum absolute atomic E-state index is 0.294. The summed E-state index contributed by atoms with van der Waals surface area (Å²) < 4.78 is 5.04. The third-order valence-corrected chi connectivity index (χ3v) is 2.10. The molecule has 0 saturated heterocycles. The number of carboxylic acid groups (broad SMARTS) is 1. The molecule has 1 aromatic heterocycles. The zero-order valence-corrected chi connectivity index (χ0v) is 8.77. The summed E-state index contributed by atoms with van der Waals surface area (Å²) >= 11 is 0. The van der Waals surface area contributed by atoms with Gasteiger partial charge in [0.1, 0.15) is 5.76 Å². The number of carbonyl (C=O) groups is 2. The Morgan fingerprint density at radius 2 is 2.25 bits per heavy atom. The van der Waals surface area contributed by atoms with Crippen LogP contribution in [0.2, 0.25) is 0 Å². The van der Waals surface area contributed by atoms with E-state index in [0.717, 1.165) is 0 Å². The van der Waals surface area contributed by atoms with E-state index in [9.17, 15) is 9.59 Å². The van der Waals surface area contributed by atoms with E-state index in [1.807, 2.05) is 6.92 Å². The summed E-state index contributed by atoms with van der Waals surface area (Å²) in [5, 5.41) is 19.6. The third-order valence-electron chi connectivity index (χ3n) is 2.10. The van der Waals surface area contributed by atoms with E-state index < -0.39 is 24.5 Å². The van der Waals surface area contributed by atoms with Crippen molar-refractivity contribution in [3.05, 3.63) is 23.7 Å². The Kier molecular flexibility index (Phi) is 4.07. The lowest BCUT2D eigenvalue weighted by Crippen LogP contribution is -2.43. The Morgan fingerprint density at radius 3 is 2.75 bits per heavy atom. The van der Waals surface area contributed by atoms with Crippen LogP contribution in [-0.2, 0) is 11.2 Å². The molecule has 0 radical (unpaired) electrons. The Morgan fingerprint density at radius 1 is 1.56 bits per heavy atom. The fourth-order valence-corrected chi connectivity index (χ4v) is 1.24. The van der Waals surface area contributed by atoms with E-state index in [1.165, 1.54) is 12.3 Å². The van der Waals surface area contributed by atoms with Gasteiger partial charge in [-0.15, -0.1) is 0 Å². The number of aliphatic carboxylic acids is 1. The van der Waals surface area contributed by atoms with E-state index in [4.69, 9.17) is 14.6 Å². The Bertz CT molecular complexity index is 384. The van der Waals surface area contributed by atoms with E-state index >= 15 is 0 Å². The molecule has 16 heavy (non-hydrogen) atoms. The maximum atomic E-state index is 11.6. The molecule has 1 aromatic rings. The number of nitrogens with one attached hydrogen (secondary N) is 1. The lowest BCUT2D eigenvalue weighted by atomic mass is 10.2. The molecule has 0 aliphatic rings. The van der Waals surface area contributed by atoms with Crippen LogP contribution < -0.4 is 5.32 Å². The van der Waals surface area contributed by atoms with Gasteiger partial charge >= 0.3 is 5.97 Å². The van der Waals surface area contributed by atoms with Crippen molar-refractivity contribution in [2.45, 2.75) is 19.4 Å². The first-order valence-corrected chi connectivity index (χ1v) is 4.81. The second-order valence-electron chi connectivity index (χ2n) is 3.16. The van der Waals surface area contributed by atoms with Gasteiger partial charge in [0.25, 0.3) is 5.91 Å². The molecular formula is C10H13NO5. The van der Waals surface area contributed by atoms with Crippen LogP contribution in [0.15, 0.2) is 16.7 Å². The summed E-state index contributed by atoms with van der Waals surface area (Å²) in [4.78, 5) is 22.2. The number of hydrogen-bond donors (Lipinski definition) is 3. The van der Waals surface area contributed by atoms with E-state index in [1.54, 1.807) is 0 Å². The first-order chi connectivity index (χ1) is 7.60. The molecule has 0 spiro atoms. The fourth-order valence-electron chi connectivity index (χ4n) is 1.24. The van der Waals surface area contributed by atoms with Crippen LogP contribution in [0.1, 0.15) is 23.0 Å². The van der Waals surface area contributed by atoms with Gasteiger partial charge in [-0.25, -0.2) is 4.79 Å². The molecule has 0 aliphatic carbocycles. The predicted molar refractivity (Wildman–Crippen MR) is 54.1 cm³/mol. The minimum Gasteiger partial charge on any atom is -0.480 e. The number of furan rings is 1. The average Bonchev–Trinajstić information content (AvgIpc) is 2.72. The standard InChI is InChI=1S/C10H13NO5/c1-2-8-6(3-4-16-8)9(13)11-7(5-12)10(14)15/h3-4,7,12H,2,5H2,1H3,(H,11,13)(H,14,15). The van der Waals surface area contributed by atoms with Crippen LogP contribution in [-0.4, -0.2) is 34.7 Å². The molecule has 1 atom stereocenters. The zero-order valence-electron chi connectivity index (χ0n) is 8.77. The fraction of sp³-hybridized carbons (Fsp3) is 0.400. The molecule has 1 amide bonds. The van der Waals surface area contributed by atoms with Crippen molar-refractivity contribution >= 4 is 11.9 Å². The molecule has 0 fully saturated rings. The van der Waals surface area contributed by atoms with Gasteiger partial charge in [0.15, 0.2) is 6.04 Å². The topological polar surface area (TPSA) is 99.8 Å². The molecule has 0 bridgehead atoms. The zero-order chi connectivity index (χ0) is 12.1. The molecule has 1 heterocycles. The highest BCUT2D eigenvalue weighted by Crippen LogP contribution is 2.11. The van der Waals surface area contributed by atoms with Crippen molar-refractivity contribution in [1.29, 1.82) is 0 Å². The third kappa shape index (κ3) is 2.60. The summed E-state index contributed by atoms with van der Waals surface area (Å²) in [6.45, 7) is 1.16. The van der Waals surface area contributed by atoms with Crippen molar-refractivity contribution in [2.24, 2.45) is 0 Å². The van der Waals surface area contributed by atoms with Gasteiger partial charge < -0.3 is 19.9 Å². The van der Waals surface area contributed by atoms with Crippen LogP contribution in [0.5, 0.6) is 0 Å². The lowest BCUT2D eigenvalue weighted by Gasteiger charge is -2.10. The molecule has 88 valence electrons. The quantitative estimate of drug-likeness (QED) is 0.658. The number of aliphatic hydroxyl groups excluding tert-OH is 1. The number of carbonyl (C=O) groups excluding carboxylic acids is 1. The molecule has 3 N–H and O–H groups in total. The number of amides is 1. The molecule has 6 nitrogen and oxygen atoms in total. The number of carboxylic acids is 1. The van der Waals surface area contributed by atoms with Gasteiger partial charge in [-0.2, -0.15) is 0 Å². The molecule has 0 aliphatic heterocycles. The molecule has 6 heteroatoms. The monoisotopic (exact) mass is 227 g/mol. The predicted octanol–water partition coefficient (Wildman–Crippen LogP) is 0.0173. The smallest absolute Gasteiger partial charge is 0.328 e. The largest absolute Gasteiger partial charge is 0.480 e. The van der Waals surface area contributed by atoms with E-state index in [2.05, 4.69) is 5.32 Å². The molecular weight excluding hydrogens is 214 g/mol. The molecule has 0 saturated carbocycles. The molecule has 1 unspecified atom stereocenters. The van der Waals surface area contributed by atoms with Crippen LogP contribution in [0.3, 0.4) is 0 Å². The van der Waals surface area contributed by atoms with Gasteiger partial charge in [-0.3, -0.25) is 4.79 Å². The van der Waals surface area contributed by atoms with Crippen molar-refractivity contribution in [1.82, 2.24) is 5.32 Å². The van der Waals surface area contributed by atoms with Gasteiger partial charge in [0.05, 0.1) is 18.4 Å². The van der Waals surface area contributed by atoms with Crippen molar-refractivity contribution in [2.75, 3.05) is 6.61 Å². The maximum absolute atomic E-state index is 11.6. The average molecular weight is 227 g/mol. The highest BCUT2D eigenvalue weighted by molar-refractivity contribution is 5.97. The van der Waals surface area contributed by atoms with Crippen LogP contribution in [0, 0.1) is 0 Å². The Labute approximate surface area is 91.9 Å². The first kappa shape index (κ1) is 12.3. The number of rotatable bonds is 5. The van der Waals surface area contributed by atoms with Crippen molar-refractivity contribution < 1.29 is 24.2 Å². The normalized spacial score (nSPS) is 12.1. The second-order valence-corrected chi connectivity index (χ2v) is 3.16. The molecule has 0 aromatic carbocycles. The van der Waals surface area contributed by atoms with Gasteiger partial charge in [-0.05, 0) is 6.07 Å². The maximum Gasteiger partial charge on any atom is 0.328 e. The highest BCUT2D eigenvalue weighted by Gasteiger charge is 2.21. The van der Waals surface area contributed by atoms with Crippen molar-refractivity contribution in [3.8, 4) is 0 Å². The lowest BCUT2D eigenvalue weighted by molar-refractivity contribution is -0.140.